The highest BCUT2D eigenvalue weighted by Gasteiger charge is 2.64. The second kappa shape index (κ2) is 5.27. The molecular formula is C15H32N2. The Labute approximate surface area is 108 Å². The Morgan fingerprint density at radius 2 is 1.65 bits per heavy atom. The summed E-state index contributed by atoms with van der Waals surface area (Å²) in [4.78, 5) is 2.48. The third-order valence-corrected chi connectivity index (χ3v) is 5.04. The van der Waals surface area contributed by atoms with E-state index >= 15 is 0 Å². The summed E-state index contributed by atoms with van der Waals surface area (Å²) in [5.74, 6) is 1.60. The lowest BCUT2D eigenvalue weighted by atomic mass is 10.0. The molecule has 0 aromatic rings. The second-order valence-corrected chi connectivity index (χ2v) is 7.36. The normalized spacial score (nSPS) is 22.4. The molecule has 0 atom stereocenters. The number of likely N-dealkylation sites (N-methyl/N-ethyl adjacent to an activating group) is 1. The van der Waals surface area contributed by atoms with Crippen LogP contribution in [0.15, 0.2) is 0 Å². The maximum absolute atomic E-state index is 3.51. The van der Waals surface area contributed by atoms with Crippen molar-refractivity contribution in [2.24, 2.45) is 22.7 Å². The SMILES string of the molecule is CC(C)CNCCN(C)CC1C(C)(C)C1(C)C. The van der Waals surface area contributed by atoms with Gasteiger partial charge >= 0.3 is 0 Å². The van der Waals surface area contributed by atoms with Crippen molar-refractivity contribution >= 4 is 0 Å². The van der Waals surface area contributed by atoms with E-state index in [0.29, 0.717) is 10.8 Å². The van der Waals surface area contributed by atoms with E-state index in [9.17, 15) is 0 Å². The molecular weight excluding hydrogens is 208 g/mol. The van der Waals surface area contributed by atoms with E-state index in [1.54, 1.807) is 0 Å². The van der Waals surface area contributed by atoms with Crippen molar-refractivity contribution in [2.75, 3.05) is 33.2 Å². The minimum absolute atomic E-state index is 0.520. The van der Waals surface area contributed by atoms with Gasteiger partial charge in [0.25, 0.3) is 0 Å². The highest BCUT2D eigenvalue weighted by Crippen LogP contribution is 2.68. The van der Waals surface area contributed by atoms with Gasteiger partial charge in [-0.1, -0.05) is 41.5 Å². The predicted molar refractivity (Wildman–Crippen MR) is 76.3 cm³/mol. The number of nitrogens with one attached hydrogen (secondary N) is 1. The van der Waals surface area contributed by atoms with Gasteiger partial charge in [-0.3, -0.25) is 0 Å². The van der Waals surface area contributed by atoms with E-state index in [2.05, 4.69) is 58.8 Å². The minimum atomic E-state index is 0.520. The predicted octanol–water partition coefficient (Wildman–Crippen LogP) is 2.85. The first kappa shape index (κ1) is 15.0. The Morgan fingerprint density at radius 3 is 2.06 bits per heavy atom. The molecule has 2 heteroatoms. The van der Waals surface area contributed by atoms with Crippen LogP contribution in [0.5, 0.6) is 0 Å². The van der Waals surface area contributed by atoms with Gasteiger partial charge in [-0.2, -0.15) is 0 Å². The lowest BCUT2D eigenvalue weighted by Crippen LogP contribution is -2.32. The standard InChI is InChI=1S/C15H32N2/c1-12(2)10-16-8-9-17(7)11-13-14(3,4)15(13,5)6/h12-13,16H,8-11H2,1-7H3. The molecule has 0 aromatic carbocycles. The zero-order valence-electron chi connectivity index (χ0n) is 12.9. The molecule has 0 radical (unpaired) electrons. The smallest absolute Gasteiger partial charge is 0.0104 e. The number of hydrogen-bond acceptors (Lipinski definition) is 2. The Kier molecular flexibility index (Phi) is 4.65. The van der Waals surface area contributed by atoms with E-state index in [0.717, 1.165) is 31.5 Å². The Bertz CT molecular complexity index is 229. The molecule has 1 aliphatic carbocycles. The third-order valence-electron chi connectivity index (χ3n) is 5.04. The summed E-state index contributed by atoms with van der Waals surface area (Å²) in [7, 11) is 2.25. The van der Waals surface area contributed by atoms with Gasteiger partial charge in [-0.15, -0.1) is 0 Å². The zero-order valence-corrected chi connectivity index (χ0v) is 12.9. The summed E-state index contributed by atoms with van der Waals surface area (Å²) in [6.07, 6.45) is 0. The van der Waals surface area contributed by atoms with Crippen LogP contribution in [0.4, 0.5) is 0 Å². The van der Waals surface area contributed by atoms with Crippen molar-refractivity contribution in [1.82, 2.24) is 10.2 Å². The third kappa shape index (κ3) is 3.45. The lowest BCUT2D eigenvalue weighted by molar-refractivity contribution is 0.294. The second-order valence-electron chi connectivity index (χ2n) is 7.36. The molecule has 0 amide bonds. The molecule has 1 saturated carbocycles. The van der Waals surface area contributed by atoms with Crippen LogP contribution in [0.3, 0.4) is 0 Å². The van der Waals surface area contributed by atoms with Gasteiger partial charge in [-0.25, -0.2) is 0 Å². The van der Waals surface area contributed by atoms with Crippen LogP contribution in [0.25, 0.3) is 0 Å². The van der Waals surface area contributed by atoms with Crippen LogP contribution >= 0.6 is 0 Å². The van der Waals surface area contributed by atoms with Crippen LogP contribution in [-0.2, 0) is 0 Å². The lowest BCUT2D eigenvalue weighted by Gasteiger charge is -2.18. The molecule has 2 nitrogen and oxygen atoms in total. The molecule has 0 unspecified atom stereocenters. The largest absolute Gasteiger partial charge is 0.315 e. The monoisotopic (exact) mass is 240 g/mol. The molecule has 0 saturated heterocycles. The highest BCUT2D eigenvalue weighted by molar-refractivity contribution is 5.12. The molecule has 102 valence electrons. The van der Waals surface area contributed by atoms with Gasteiger partial charge in [0.1, 0.15) is 0 Å². The molecule has 1 aliphatic rings. The van der Waals surface area contributed by atoms with Crippen LogP contribution in [-0.4, -0.2) is 38.1 Å². The van der Waals surface area contributed by atoms with Gasteiger partial charge in [0.05, 0.1) is 0 Å². The molecule has 0 bridgehead atoms. The average molecular weight is 240 g/mol. The van der Waals surface area contributed by atoms with Gasteiger partial charge in [0.15, 0.2) is 0 Å². The van der Waals surface area contributed by atoms with Crippen LogP contribution in [0.2, 0.25) is 0 Å². The number of rotatable bonds is 7. The summed E-state index contributed by atoms with van der Waals surface area (Å²) in [6.45, 7) is 18.8. The molecule has 17 heavy (non-hydrogen) atoms. The van der Waals surface area contributed by atoms with Crippen molar-refractivity contribution in [1.29, 1.82) is 0 Å². The summed E-state index contributed by atoms with van der Waals surface area (Å²) in [5.41, 5.74) is 1.04. The number of hydrogen-bond donors (Lipinski definition) is 1. The van der Waals surface area contributed by atoms with Crippen molar-refractivity contribution < 1.29 is 0 Å². The summed E-state index contributed by atoms with van der Waals surface area (Å²) >= 11 is 0. The molecule has 1 N–H and O–H groups in total. The number of nitrogens with zero attached hydrogens (tertiary/aromatic N) is 1. The minimum Gasteiger partial charge on any atom is -0.315 e. The average Bonchev–Trinajstić information content (AvgIpc) is 2.55. The molecule has 1 rings (SSSR count). The summed E-state index contributed by atoms with van der Waals surface area (Å²) in [6, 6.07) is 0. The molecule has 0 heterocycles. The van der Waals surface area contributed by atoms with Gasteiger partial charge in [0, 0.05) is 19.6 Å². The first-order valence-electron chi connectivity index (χ1n) is 7.09. The van der Waals surface area contributed by atoms with Crippen molar-refractivity contribution in [3.63, 3.8) is 0 Å². The van der Waals surface area contributed by atoms with Gasteiger partial charge < -0.3 is 10.2 Å². The maximum Gasteiger partial charge on any atom is 0.0104 e. The van der Waals surface area contributed by atoms with Crippen molar-refractivity contribution in [3.05, 3.63) is 0 Å². The fourth-order valence-electron chi connectivity index (χ4n) is 2.85. The van der Waals surface area contributed by atoms with E-state index in [4.69, 9.17) is 0 Å². The first-order valence-corrected chi connectivity index (χ1v) is 7.09. The fraction of sp³-hybridized carbons (Fsp3) is 1.00. The van der Waals surface area contributed by atoms with E-state index in [1.807, 2.05) is 0 Å². The quantitative estimate of drug-likeness (QED) is 0.688. The highest BCUT2D eigenvalue weighted by atomic mass is 15.1. The maximum atomic E-state index is 3.51. The van der Waals surface area contributed by atoms with Crippen molar-refractivity contribution in [2.45, 2.75) is 41.5 Å². The van der Waals surface area contributed by atoms with Crippen LogP contribution in [0.1, 0.15) is 41.5 Å². The molecule has 0 aromatic heterocycles. The van der Waals surface area contributed by atoms with E-state index in [1.165, 1.54) is 6.54 Å². The fourth-order valence-corrected chi connectivity index (χ4v) is 2.85. The van der Waals surface area contributed by atoms with Gasteiger partial charge in [0.2, 0.25) is 0 Å². The Hall–Kier alpha value is -0.0800. The zero-order chi connectivity index (χ0) is 13.3. The van der Waals surface area contributed by atoms with Crippen LogP contribution < -0.4 is 5.32 Å². The van der Waals surface area contributed by atoms with Crippen molar-refractivity contribution in [3.8, 4) is 0 Å². The molecule has 0 spiro atoms. The topological polar surface area (TPSA) is 15.3 Å². The molecule has 1 fully saturated rings. The van der Waals surface area contributed by atoms with E-state index in [-0.39, 0.29) is 0 Å². The summed E-state index contributed by atoms with van der Waals surface area (Å²) < 4.78 is 0. The van der Waals surface area contributed by atoms with Crippen LogP contribution in [0, 0.1) is 22.7 Å². The molecule has 0 aliphatic heterocycles. The Balaban J connectivity index is 2.17. The summed E-state index contributed by atoms with van der Waals surface area (Å²) in [5, 5.41) is 3.51. The first-order chi connectivity index (χ1) is 7.69. The van der Waals surface area contributed by atoms with E-state index < -0.39 is 0 Å². The van der Waals surface area contributed by atoms with Gasteiger partial charge in [-0.05, 0) is 36.3 Å². The Morgan fingerprint density at radius 1 is 1.12 bits per heavy atom.